The highest BCUT2D eigenvalue weighted by Crippen LogP contribution is 2.21. The Morgan fingerprint density at radius 1 is 1.33 bits per heavy atom. The van der Waals surface area contributed by atoms with E-state index in [2.05, 4.69) is 42.4 Å². The summed E-state index contributed by atoms with van der Waals surface area (Å²) in [5, 5.41) is 3.18. The molecule has 0 fully saturated rings. The maximum absolute atomic E-state index is 5.44. The van der Waals surface area contributed by atoms with Crippen molar-refractivity contribution in [2.45, 2.75) is 32.9 Å². The lowest BCUT2D eigenvalue weighted by molar-refractivity contribution is 0.312. The zero-order valence-electron chi connectivity index (χ0n) is 12.1. The Balaban J connectivity index is 2.73. The molecule has 0 aromatic heterocycles. The van der Waals surface area contributed by atoms with Crippen molar-refractivity contribution < 1.29 is 4.74 Å². The van der Waals surface area contributed by atoms with Crippen molar-refractivity contribution in [3.8, 4) is 5.75 Å². The fourth-order valence-electron chi connectivity index (χ4n) is 2.07. The Kier molecular flexibility index (Phi) is 6.76. The number of unbranched alkanes of at least 4 members (excludes halogenated alkanes) is 1. The summed E-state index contributed by atoms with van der Waals surface area (Å²) >= 11 is 0. The van der Waals surface area contributed by atoms with Crippen molar-refractivity contribution in [1.82, 2.24) is 10.2 Å². The Morgan fingerprint density at radius 2 is 2.11 bits per heavy atom. The summed E-state index contributed by atoms with van der Waals surface area (Å²) in [6.45, 7) is 5.20. The van der Waals surface area contributed by atoms with Crippen LogP contribution in [0.3, 0.4) is 0 Å². The van der Waals surface area contributed by atoms with Crippen LogP contribution in [0.2, 0.25) is 0 Å². The summed E-state index contributed by atoms with van der Waals surface area (Å²) in [6.07, 6.45) is 2.48. The minimum Gasteiger partial charge on any atom is -0.496 e. The molecule has 102 valence electrons. The number of methoxy groups -OCH3 is 1. The maximum Gasteiger partial charge on any atom is 0.123 e. The number of ether oxygens (including phenoxy) is 1. The molecule has 0 saturated heterocycles. The Labute approximate surface area is 111 Å². The Hall–Kier alpha value is -1.06. The quantitative estimate of drug-likeness (QED) is 0.767. The van der Waals surface area contributed by atoms with Gasteiger partial charge >= 0.3 is 0 Å². The molecular weight excluding hydrogens is 224 g/mol. The van der Waals surface area contributed by atoms with E-state index in [9.17, 15) is 0 Å². The van der Waals surface area contributed by atoms with Gasteiger partial charge in [-0.2, -0.15) is 0 Å². The molecule has 0 atom stereocenters. The molecule has 0 amide bonds. The Morgan fingerprint density at radius 3 is 2.72 bits per heavy atom. The van der Waals surface area contributed by atoms with E-state index >= 15 is 0 Å². The van der Waals surface area contributed by atoms with Crippen LogP contribution in [0.25, 0.3) is 0 Å². The number of nitrogens with one attached hydrogen (secondary N) is 1. The maximum atomic E-state index is 5.44. The molecule has 0 unspecified atom stereocenters. The molecule has 0 spiro atoms. The molecular formula is C15H26N2O. The van der Waals surface area contributed by atoms with Crippen LogP contribution in [0.5, 0.6) is 5.75 Å². The van der Waals surface area contributed by atoms with Gasteiger partial charge in [-0.05, 0) is 44.8 Å². The number of benzene rings is 1. The molecule has 0 aliphatic carbocycles. The van der Waals surface area contributed by atoms with Gasteiger partial charge < -0.3 is 15.0 Å². The average Bonchev–Trinajstić information content (AvgIpc) is 2.37. The van der Waals surface area contributed by atoms with E-state index in [1.54, 1.807) is 7.11 Å². The van der Waals surface area contributed by atoms with E-state index in [1.807, 2.05) is 7.05 Å². The van der Waals surface area contributed by atoms with Gasteiger partial charge in [-0.1, -0.05) is 19.4 Å². The molecule has 0 heterocycles. The van der Waals surface area contributed by atoms with Crippen LogP contribution in [-0.2, 0) is 13.1 Å². The first kappa shape index (κ1) is 15.0. The lowest BCUT2D eigenvalue weighted by Gasteiger charge is -2.18. The zero-order chi connectivity index (χ0) is 13.4. The van der Waals surface area contributed by atoms with Gasteiger partial charge in [0.15, 0.2) is 0 Å². The van der Waals surface area contributed by atoms with Crippen LogP contribution in [0, 0.1) is 0 Å². The molecule has 0 aliphatic rings. The van der Waals surface area contributed by atoms with Crippen LogP contribution in [0.1, 0.15) is 30.9 Å². The lowest BCUT2D eigenvalue weighted by atomic mass is 10.1. The molecule has 3 heteroatoms. The third-order valence-electron chi connectivity index (χ3n) is 3.06. The standard InChI is InChI=1S/C15H26N2O/c1-5-6-9-17(3)12-14-10-13(11-16-2)7-8-15(14)18-4/h7-8,10,16H,5-6,9,11-12H2,1-4H3. The van der Waals surface area contributed by atoms with Crippen molar-refractivity contribution in [3.63, 3.8) is 0 Å². The van der Waals surface area contributed by atoms with Gasteiger partial charge in [-0.15, -0.1) is 0 Å². The van der Waals surface area contributed by atoms with Crippen LogP contribution >= 0.6 is 0 Å². The van der Waals surface area contributed by atoms with Crippen molar-refractivity contribution in [1.29, 1.82) is 0 Å². The second kappa shape index (κ2) is 8.11. The van der Waals surface area contributed by atoms with E-state index in [4.69, 9.17) is 4.74 Å². The fraction of sp³-hybridized carbons (Fsp3) is 0.600. The van der Waals surface area contributed by atoms with Crippen LogP contribution in [-0.4, -0.2) is 32.6 Å². The third-order valence-corrected chi connectivity index (χ3v) is 3.06. The third kappa shape index (κ3) is 4.67. The highest BCUT2D eigenvalue weighted by molar-refractivity contribution is 5.37. The summed E-state index contributed by atoms with van der Waals surface area (Å²) in [5.41, 5.74) is 2.57. The number of hydrogen-bond acceptors (Lipinski definition) is 3. The van der Waals surface area contributed by atoms with Crippen molar-refractivity contribution in [2.24, 2.45) is 0 Å². The summed E-state index contributed by atoms with van der Waals surface area (Å²) in [5.74, 6) is 0.984. The highest BCUT2D eigenvalue weighted by atomic mass is 16.5. The monoisotopic (exact) mass is 250 g/mol. The molecule has 0 aliphatic heterocycles. The smallest absolute Gasteiger partial charge is 0.123 e. The van der Waals surface area contributed by atoms with Gasteiger partial charge in [0.25, 0.3) is 0 Å². The van der Waals surface area contributed by atoms with Gasteiger partial charge in [0.05, 0.1) is 7.11 Å². The molecule has 0 saturated carbocycles. The van der Waals surface area contributed by atoms with E-state index in [-0.39, 0.29) is 0 Å². The van der Waals surface area contributed by atoms with E-state index in [0.717, 1.165) is 25.4 Å². The lowest BCUT2D eigenvalue weighted by Crippen LogP contribution is -2.19. The highest BCUT2D eigenvalue weighted by Gasteiger charge is 2.07. The van der Waals surface area contributed by atoms with Crippen molar-refractivity contribution in [2.75, 3.05) is 27.7 Å². The minimum atomic E-state index is 0.898. The first-order valence-corrected chi connectivity index (χ1v) is 6.70. The van der Waals surface area contributed by atoms with Crippen molar-refractivity contribution >= 4 is 0 Å². The molecule has 1 N–H and O–H groups in total. The van der Waals surface area contributed by atoms with Crippen LogP contribution in [0.15, 0.2) is 18.2 Å². The number of hydrogen-bond donors (Lipinski definition) is 1. The summed E-state index contributed by atoms with van der Waals surface area (Å²) in [7, 11) is 5.87. The fourth-order valence-corrected chi connectivity index (χ4v) is 2.07. The molecule has 0 bridgehead atoms. The average molecular weight is 250 g/mol. The van der Waals surface area contributed by atoms with Gasteiger partial charge in [-0.25, -0.2) is 0 Å². The SMILES string of the molecule is CCCCN(C)Cc1cc(CNC)ccc1OC. The van der Waals surface area contributed by atoms with Gasteiger partial charge in [0.2, 0.25) is 0 Å². The summed E-state index contributed by atoms with van der Waals surface area (Å²) in [6, 6.07) is 6.42. The first-order valence-electron chi connectivity index (χ1n) is 6.70. The number of rotatable bonds is 8. The molecule has 1 aromatic carbocycles. The normalized spacial score (nSPS) is 10.9. The molecule has 18 heavy (non-hydrogen) atoms. The summed E-state index contributed by atoms with van der Waals surface area (Å²) in [4.78, 5) is 2.35. The second-order valence-corrected chi connectivity index (χ2v) is 4.77. The van der Waals surface area contributed by atoms with Gasteiger partial charge in [-0.3, -0.25) is 0 Å². The van der Waals surface area contributed by atoms with Gasteiger partial charge in [0, 0.05) is 18.7 Å². The molecule has 1 rings (SSSR count). The predicted molar refractivity (Wildman–Crippen MR) is 77.0 cm³/mol. The largest absolute Gasteiger partial charge is 0.496 e. The van der Waals surface area contributed by atoms with Gasteiger partial charge in [0.1, 0.15) is 5.75 Å². The molecule has 1 aromatic rings. The number of nitrogens with zero attached hydrogens (tertiary/aromatic N) is 1. The first-order chi connectivity index (χ1) is 8.71. The van der Waals surface area contributed by atoms with Crippen molar-refractivity contribution in [3.05, 3.63) is 29.3 Å². The van der Waals surface area contributed by atoms with E-state index in [1.165, 1.54) is 24.0 Å². The molecule has 3 nitrogen and oxygen atoms in total. The summed E-state index contributed by atoms with van der Waals surface area (Å²) < 4.78 is 5.44. The predicted octanol–water partition coefficient (Wildman–Crippen LogP) is 2.65. The second-order valence-electron chi connectivity index (χ2n) is 4.77. The van der Waals surface area contributed by atoms with Crippen LogP contribution < -0.4 is 10.1 Å². The van der Waals surface area contributed by atoms with Crippen LogP contribution in [0.4, 0.5) is 0 Å². The molecule has 0 radical (unpaired) electrons. The van der Waals surface area contributed by atoms with E-state index < -0.39 is 0 Å². The van der Waals surface area contributed by atoms with E-state index in [0.29, 0.717) is 0 Å². The zero-order valence-corrected chi connectivity index (χ0v) is 12.1. The topological polar surface area (TPSA) is 24.5 Å². The minimum absolute atomic E-state index is 0.898. The Bertz CT molecular complexity index is 352.